The Balaban J connectivity index is 2.36. The fourth-order valence-electron chi connectivity index (χ4n) is 2.15. The number of hydrogen-bond acceptors (Lipinski definition) is 3. The summed E-state index contributed by atoms with van der Waals surface area (Å²) in [5.41, 5.74) is 2.27. The van der Waals surface area contributed by atoms with Crippen LogP contribution in [0.3, 0.4) is 0 Å². The molecule has 18 heavy (non-hydrogen) atoms. The van der Waals surface area contributed by atoms with Crippen molar-refractivity contribution in [2.75, 3.05) is 19.8 Å². The number of fused-ring (bicyclic) bond motifs is 1. The Labute approximate surface area is 108 Å². The van der Waals surface area contributed by atoms with Crippen LogP contribution in [0.2, 0.25) is 0 Å². The molecule has 1 aromatic heterocycles. The van der Waals surface area contributed by atoms with Gasteiger partial charge in [0, 0.05) is 18.2 Å². The minimum absolute atomic E-state index is 0.202. The van der Waals surface area contributed by atoms with Crippen molar-refractivity contribution in [3.8, 4) is 0 Å². The molecule has 0 spiro atoms. The molecule has 2 rings (SSSR count). The maximum atomic E-state index is 5.56. The lowest BCUT2D eigenvalue weighted by Crippen LogP contribution is -2.25. The third-order valence-electron chi connectivity index (χ3n) is 2.98. The van der Waals surface area contributed by atoms with Crippen molar-refractivity contribution in [2.24, 2.45) is 0 Å². The molecule has 0 fully saturated rings. The van der Waals surface area contributed by atoms with Crippen LogP contribution in [-0.2, 0) is 4.74 Å². The van der Waals surface area contributed by atoms with Gasteiger partial charge in [0.25, 0.3) is 0 Å². The van der Waals surface area contributed by atoms with Crippen LogP contribution in [0.15, 0.2) is 36.5 Å². The van der Waals surface area contributed by atoms with E-state index in [1.807, 2.05) is 19.2 Å². The summed E-state index contributed by atoms with van der Waals surface area (Å²) in [6.07, 6.45) is 1.84. The lowest BCUT2D eigenvalue weighted by Gasteiger charge is -2.19. The monoisotopic (exact) mass is 244 g/mol. The van der Waals surface area contributed by atoms with Gasteiger partial charge < -0.3 is 10.1 Å². The summed E-state index contributed by atoms with van der Waals surface area (Å²) in [4.78, 5) is 4.50. The van der Waals surface area contributed by atoms with Gasteiger partial charge in [-0.3, -0.25) is 4.98 Å². The largest absolute Gasteiger partial charge is 0.380 e. The van der Waals surface area contributed by atoms with Gasteiger partial charge in [-0.05, 0) is 25.1 Å². The highest BCUT2D eigenvalue weighted by Crippen LogP contribution is 2.22. The first-order valence-electron chi connectivity index (χ1n) is 6.51. The number of ether oxygens (including phenoxy) is 1. The van der Waals surface area contributed by atoms with Crippen LogP contribution in [0.4, 0.5) is 0 Å². The number of benzene rings is 1. The summed E-state index contributed by atoms with van der Waals surface area (Å²) < 4.78 is 5.56. The molecule has 0 aliphatic carbocycles. The molecule has 2 aromatic rings. The second kappa shape index (κ2) is 6.47. The average molecular weight is 244 g/mol. The van der Waals surface area contributed by atoms with E-state index in [9.17, 15) is 0 Å². The minimum Gasteiger partial charge on any atom is -0.380 e. The van der Waals surface area contributed by atoms with E-state index < -0.39 is 0 Å². The number of rotatable bonds is 6. The van der Waals surface area contributed by atoms with E-state index in [0.29, 0.717) is 6.61 Å². The summed E-state index contributed by atoms with van der Waals surface area (Å²) in [6.45, 7) is 6.46. The molecular weight excluding hydrogens is 224 g/mol. The van der Waals surface area contributed by atoms with Crippen LogP contribution in [0, 0.1) is 0 Å². The number of nitrogens with zero attached hydrogens (tertiary/aromatic N) is 1. The van der Waals surface area contributed by atoms with Crippen molar-refractivity contribution in [3.05, 3.63) is 42.1 Å². The van der Waals surface area contributed by atoms with Gasteiger partial charge in [-0.25, -0.2) is 0 Å². The van der Waals surface area contributed by atoms with Gasteiger partial charge in [-0.15, -0.1) is 0 Å². The van der Waals surface area contributed by atoms with E-state index >= 15 is 0 Å². The molecule has 0 radical (unpaired) electrons. The summed E-state index contributed by atoms with van der Waals surface area (Å²) in [7, 11) is 0. The van der Waals surface area contributed by atoms with Crippen molar-refractivity contribution in [2.45, 2.75) is 19.9 Å². The Bertz CT molecular complexity index is 493. The van der Waals surface area contributed by atoms with Crippen molar-refractivity contribution >= 4 is 10.9 Å². The van der Waals surface area contributed by atoms with E-state index in [1.54, 1.807) is 0 Å². The lowest BCUT2D eigenvalue weighted by atomic mass is 10.0. The van der Waals surface area contributed by atoms with Crippen LogP contribution in [0.25, 0.3) is 10.9 Å². The van der Waals surface area contributed by atoms with Gasteiger partial charge in [-0.2, -0.15) is 0 Å². The van der Waals surface area contributed by atoms with Crippen molar-refractivity contribution in [3.63, 3.8) is 0 Å². The van der Waals surface area contributed by atoms with Crippen molar-refractivity contribution in [1.82, 2.24) is 10.3 Å². The standard InChI is InChI=1S/C15H20N2O/c1-3-16-14(11-18-4-2)13-9-5-7-12-8-6-10-17-15(12)13/h5-10,14,16H,3-4,11H2,1-2H3. The Morgan fingerprint density at radius 2 is 2.06 bits per heavy atom. The third kappa shape index (κ3) is 2.86. The summed E-state index contributed by atoms with van der Waals surface area (Å²) >= 11 is 0. The van der Waals surface area contributed by atoms with Gasteiger partial charge in [0.1, 0.15) is 0 Å². The number of nitrogens with one attached hydrogen (secondary N) is 1. The van der Waals surface area contributed by atoms with E-state index in [2.05, 4.69) is 41.5 Å². The molecule has 96 valence electrons. The van der Waals surface area contributed by atoms with Crippen LogP contribution in [0.5, 0.6) is 0 Å². The second-order valence-corrected chi connectivity index (χ2v) is 4.19. The van der Waals surface area contributed by atoms with Crippen LogP contribution in [0.1, 0.15) is 25.5 Å². The fourth-order valence-corrected chi connectivity index (χ4v) is 2.15. The van der Waals surface area contributed by atoms with Gasteiger partial charge in [-0.1, -0.05) is 31.2 Å². The Morgan fingerprint density at radius 3 is 2.83 bits per heavy atom. The smallest absolute Gasteiger partial charge is 0.0750 e. The highest BCUT2D eigenvalue weighted by molar-refractivity contribution is 5.82. The molecule has 1 aromatic carbocycles. The maximum absolute atomic E-state index is 5.56. The number of hydrogen-bond donors (Lipinski definition) is 1. The first-order chi connectivity index (χ1) is 8.86. The summed E-state index contributed by atoms with van der Waals surface area (Å²) in [5.74, 6) is 0. The maximum Gasteiger partial charge on any atom is 0.0750 e. The molecule has 0 aliphatic heterocycles. The second-order valence-electron chi connectivity index (χ2n) is 4.19. The van der Waals surface area contributed by atoms with Crippen molar-refractivity contribution < 1.29 is 4.74 Å². The summed E-state index contributed by atoms with van der Waals surface area (Å²) in [6, 6.07) is 10.6. The van der Waals surface area contributed by atoms with E-state index in [0.717, 1.165) is 18.7 Å². The quantitative estimate of drug-likeness (QED) is 0.848. The number of likely N-dealkylation sites (N-methyl/N-ethyl adjacent to an activating group) is 1. The topological polar surface area (TPSA) is 34.1 Å². The first-order valence-corrected chi connectivity index (χ1v) is 6.51. The Morgan fingerprint density at radius 1 is 1.22 bits per heavy atom. The van der Waals surface area contributed by atoms with Crippen molar-refractivity contribution in [1.29, 1.82) is 0 Å². The lowest BCUT2D eigenvalue weighted by molar-refractivity contribution is 0.124. The Kier molecular flexibility index (Phi) is 4.67. The molecule has 3 nitrogen and oxygen atoms in total. The third-order valence-corrected chi connectivity index (χ3v) is 2.98. The van der Waals surface area contributed by atoms with E-state index in [-0.39, 0.29) is 6.04 Å². The number of aromatic nitrogens is 1. The van der Waals surface area contributed by atoms with Crippen LogP contribution >= 0.6 is 0 Å². The predicted octanol–water partition coefficient (Wildman–Crippen LogP) is 2.92. The molecule has 1 N–H and O–H groups in total. The SMILES string of the molecule is CCNC(COCC)c1cccc2cccnc12. The first kappa shape index (κ1) is 13.0. The van der Waals surface area contributed by atoms with Crippen LogP contribution in [-0.4, -0.2) is 24.7 Å². The number of pyridine rings is 1. The minimum atomic E-state index is 0.202. The molecule has 1 atom stereocenters. The molecule has 0 bridgehead atoms. The Hall–Kier alpha value is -1.45. The van der Waals surface area contributed by atoms with E-state index in [1.165, 1.54) is 10.9 Å². The highest BCUT2D eigenvalue weighted by Gasteiger charge is 2.13. The highest BCUT2D eigenvalue weighted by atomic mass is 16.5. The van der Waals surface area contributed by atoms with E-state index in [4.69, 9.17) is 4.74 Å². The zero-order chi connectivity index (χ0) is 12.8. The predicted molar refractivity (Wildman–Crippen MR) is 74.7 cm³/mol. The van der Waals surface area contributed by atoms with Gasteiger partial charge in [0.05, 0.1) is 18.2 Å². The summed E-state index contributed by atoms with van der Waals surface area (Å²) in [5, 5.41) is 4.64. The van der Waals surface area contributed by atoms with Gasteiger partial charge in [0.15, 0.2) is 0 Å². The molecule has 1 heterocycles. The molecule has 3 heteroatoms. The molecule has 1 unspecified atom stereocenters. The fraction of sp³-hybridized carbons (Fsp3) is 0.400. The van der Waals surface area contributed by atoms with Gasteiger partial charge >= 0.3 is 0 Å². The zero-order valence-corrected chi connectivity index (χ0v) is 11.0. The average Bonchev–Trinajstić information content (AvgIpc) is 2.43. The molecular formula is C15H20N2O. The number of para-hydroxylation sites is 1. The van der Waals surface area contributed by atoms with Crippen LogP contribution < -0.4 is 5.32 Å². The molecule has 0 amide bonds. The molecule has 0 saturated carbocycles. The molecule has 0 aliphatic rings. The zero-order valence-electron chi connectivity index (χ0n) is 11.0. The molecule has 0 saturated heterocycles. The van der Waals surface area contributed by atoms with Gasteiger partial charge in [0.2, 0.25) is 0 Å². The normalized spacial score (nSPS) is 12.8.